The van der Waals surface area contributed by atoms with Gasteiger partial charge in [-0.05, 0) is 12.8 Å². The van der Waals surface area contributed by atoms with Gasteiger partial charge in [-0.1, -0.05) is 6.92 Å². The Kier molecular flexibility index (Phi) is 7.33. The molecule has 3 N–H and O–H groups in total. The van der Waals surface area contributed by atoms with Crippen molar-refractivity contribution in [3.05, 3.63) is 0 Å². The van der Waals surface area contributed by atoms with Gasteiger partial charge in [0, 0.05) is 18.8 Å². The van der Waals surface area contributed by atoms with E-state index in [-0.39, 0.29) is 18.7 Å². The third-order valence-electron chi connectivity index (χ3n) is 2.23. The topological polar surface area (TPSA) is 113 Å². The van der Waals surface area contributed by atoms with Crippen molar-refractivity contribution in [2.24, 2.45) is 0 Å². The molecule has 0 radical (unpaired) electrons. The first-order valence-electron chi connectivity index (χ1n) is 5.68. The van der Waals surface area contributed by atoms with Gasteiger partial charge < -0.3 is 15.7 Å². The predicted octanol–water partition coefficient (Wildman–Crippen LogP) is -0.0264. The number of urea groups is 1. The van der Waals surface area contributed by atoms with Crippen LogP contribution >= 0.6 is 0 Å². The summed E-state index contributed by atoms with van der Waals surface area (Å²) in [5.41, 5.74) is 0. The molecule has 0 saturated carbocycles. The second-order valence-corrected chi connectivity index (χ2v) is 6.35. The minimum atomic E-state index is -3.02. The van der Waals surface area contributed by atoms with E-state index in [2.05, 4.69) is 10.6 Å². The number of amides is 2. The summed E-state index contributed by atoms with van der Waals surface area (Å²) in [6.45, 7) is 2.01. The Hall–Kier alpha value is -1.31. The quantitative estimate of drug-likeness (QED) is 0.541. The smallest absolute Gasteiger partial charge is 0.315 e. The van der Waals surface area contributed by atoms with Crippen LogP contribution in [0.2, 0.25) is 0 Å². The third kappa shape index (κ3) is 9.88. The van der Waals surface area contributed by atoms with Gasteiger partial charge in [0.2, 0.25) is 0 Å². The SMILES string of the molecule is CCC(CC(=O)O)NC(=O)NCCCS(C)(=O)=O. The number of carboxylic acids is 1. The van der Waals surface area contributed by atoms with Gasteiger partial charge in [0.1, 0.15) is 9.84 Å². The van der Waals surface area contributed by atoms with Gasteiger partial charge in [-0.25, -0.2) is 13.2 Å². The normalized spacial score (nSPS) is 12.8. The van der Waals surface area contributed by atoms with Crippen molar-refractivity contribution in [1.82, 2.24) is 10.6 Å². The number of nitrogens with one attached hydrogen (secondary N) is 2. The van der Waals surface area contributed by atoms with Crippen LogP contribution in [0.4, 0.5) is 4.79 Å². The van der Waals surface area contributed by atoms with Crippen LogP contribution in [0.3, 0.4) is 0 Å². The fraction of sp³-hybridized carbons (Fsp3) is 0.800. The maximum atomic E-state index is 11.4. The molecule has 106 valence electrons. The average Bonchev–Trinajstić information content (AvgIpc) is 2.21. The molecule has 18 heavy (non-hydrogen) atoms. The van der Waals surface area contributed by atoms with Gasteiger partial charge in [0.15, 0.2) is 0 Å². The number of carboxylic acid groups (broad SMARTS) is 1. The zero-order valence-electron chi connectivity index (χ0n) is 10.6. The first kappa shape index (κ1) is 16.7. The maximum absolute atomic E-state index is 11.4. The molecule has 0 aliphatic heterocycles. The highest BCUT2D eigenvalue weighted by molar-refractivity contribution is 7.90. The van der Waals surface area contributed by atoms with Crippen LogP contribution in [-0.4, -0.2) is 50.1 Å². The highest BCUT2D eigenvalue weighted by Gasteiger charge is 2.13. The zero-order chi connectivity index (χ0) is 14.2. The Morgan fingerprint density at radius 3 is 2.39 bits per heavy atom. The molecule has 0 saturated heterocycles. The molecular formula is C10H20N2O5S. The summed E-state index contributed by atoms with van der Waals surface area (Å²) in [6, 6.07) is -0.894. The molecule has 0 spiro atoms. The van der Waals surface area contributed by atoms with Gasteiger partial charge in [-0.3, -0.25) is 4.79 Å². The Bertz CT molecular complexity index is 380. The molecule has 0 aromatic carbocycles. The van der Waals surface area contributed by atoms with Gasteiger partial charge in [0.25, 0.3) is 0 Å². The number of carbonyl (C=O) groups is 2. The van der Waals surface area contributed by atoms with Crippen LogP contribution < -0.4 is 10.6 Å². The molecular weight excluding hydrogens is 260 g/mol. The molecule has 1 atom stereocenters. The minimum absolute atomic E-state index is 0.0135. The maximum Gasteiger partial charge on any atom is 0.315 e. The monoisotopic (exact) mass is 280 g/mol. The van der Waals surface area contributed by atoms with Crippen molar-refractivity contribution < 1.29 is 23.1 Å². The molecule has 8 heteroatoms. The Balaban J connectivity index is 3.85. The van der Waals surface area contributed by atoms with E-state index in [9.17, 15) is 18.0 Å². The lowest BCUT2D eigenvalue weighted by atomic mass is 10.1. The first-order chi connectivity index (χ1) is 8.24. The molecule has 0 rings (SSSR count). The van der Waals surface area contributed by atoms with Crippen molar-refractivity contribution in [3.8, 4) is 0 Å². The van der Waals surface area contributed by atoms with Crippen LogP contribution in [0.25, 0.3) is 0 Å². The van der Waals surface area contributed by atoms with E-state index in [1.54, 1.807) is 6.92 Å². The first-order valence-corrected chi connectivity index (χ1v) is 7.74. The number of hydrogen-bond donors (Lipinski definition) is 3. The van der Waals surface area contributed by atoms with Crippen LogP contribution in [-0.2, 0) is 14.6 Å². The van der Waals surface area contributed by atoms with E-state index in [4.69, 9.17) is 5.11 Å². The van der Waals surface area contributed by atoms with E-state index >= 15 is 0 Å². The molecule has 0 aliphatic rings. The summed E-state index contributed by atoms with van der Waals surface area (Å²) < 4.78 is 21.7. The number of aliphatic carboxylic acids is 1. The fourth-order valence-corrected chi connectivity index (χ4v) is 1.95. The van der Waals surface area contributed by atoms with Crippen molar-refractivity contribution in [1.29, 1.82) is 0 Å². The molecule has 0 aromatic heterocycles. The lowest BCUT2D eigenvalue weighted by Gasteiger charge is -2.15. The van der Waals surface area contributed by atoms with Gasteiger partial charge in [-0.15, -0.1) is 0 Å². The van der Waals surface area contributed by atoms with Crippen molar-refractivity contribution in [3.63, 3.8) is 0 Å². The molecule has 0 bridgehead atoms. The largest absolute Gasteiger partial charge is 0.481 e. The molecule has 2 amide bonds. The highest BCUT2D eigenvalue weighted by atomic mass is 32.2. The Morgan fingerprint density at radius 2 is 1.94 bits per heavy atom. The standard InChI is InChI=1S/C10H20N2O5S/c1-3-8(7-9(13)14)12-10(15)11-5-4-6-18(2,16)17/h8H,3-7H2,1-2H3,(H,13,14)(H2,11,12,15). The summed E-state index contributed by atoms with van der Waals surface area (Å²) in [7, 11) is -3.02. The minimum Gasteiger partial charge on any atom is -0.481 e. The van der Waals surface area contributed by atoms with Crippen LogP contribution in [0.15, 0.2) is 0 Å². The van der Waals surface area contributed by atoms with Crippen LogP contribution in [0.5, 0.6) is 0 Å². The molecule has 0 heterocycles. The number of carbonyl (C=O) groups excluding carboxylic acids is 1. The number of rotatable bonds is 8. The van der Waals surface area contributed by atoms with Gasteiger partial charge >= 0.3 is 12.0 Å². The predicted molar refractivity (Wildman–Crippen MR) is 67.2 cm³/mol. The fourth-order valence-electron chi connectivity index (χ4n) is 1.28. The van der Waals surface area contributed by atoms with E-state index in [0.717, 1.165) is 6.26 Å². The Morgan fingerprint density at radius 1 is 1.33 bits per heavy atom. The van der Waals surface area contributed by atoms with Crippen molar-refractivity contribution in [2.75, 3.05) is 18.6 Å². The highest BCUT2D eigenvalue weighted by Crippen LogP contribution is 1.97. The van der Waals surface area contributed by atoms with Crippen LogP contribution in [0, 0.1) is 0 Å². The molecule has 1 unspecified atom stereocenters. The second-order valence-electron chi connectivity index (χ2n) is 4.09. The molecule has 0 fully saturated rings. The number of hydrogen-bond acceptors (Lipinski definition) is 4. The third-order valence-corrected chi connectivity index (χ3v) is 3.26. The average molecular weight is 280 g/mol. The summed E-state index contributed by atoms with van der Waals surface area (Å²) in [6.07, 6.45) is 1.85. The van der Waals surface area contributed by atoms with Crippen molar-refractivity contribution in [2.45, 2.75) is 32.2 Å². The van der Waals surface area contributed by atoms with Gasteiger partial charge in [0.05, 0.1) is 12.2 Å². The summed E-state index contributed by atoms with van der Waals surface area (Å²) in [4.78, 5) is 21.8. The summed E-state index contributed by atoms with van der Waals surface area (Å²) in [5, 5.41) is 13.6. The summed E-state index contributed by atoms with van der Waals surface area (Å²) >= 11 is 0. The van der Waals surface area contributed by atoms with E-state index in [1.165, 1.54) is 0 Å². The zero-order valence-corrected chi connectivity index (χ0v) is 11.4. The second kappa shape index (κ2) is 7.91. The van der Waals surface area contributed by atoms with Gasteiger partial charge in [-0.2, -0.15) is 0 Å². The molecule has 0 aliphatic carbocycles. The lowest BCUT2D eigenvalue weighted by molar-refractivity contribution is -0.137. The van der Waals surface area contributed by atoms with E-state index in [1.807, 2.05) is 0 Å². The van der Waals surface area contributed by atoms with E-state index in [0.29, 0.717) is 12.8 Å². The van der Waals surface area contributed by atoms with E-state index < -0.39 is 27.9 Å². The summed E-state index contributed by atoms with van der Waals surface area (Å²) in [5.74, 6) is -0.959. The lowest BCUT2D eigenvalue weighted by Crippen LogP contribution is -2.43. The Labute approximate surface area is 107 Å². The van der Waals surface area contributed by atoms with Crippen molar-refractivity contribution >= 4 is 21.8 Å². The number of sulfone groups is 1. The molecule has 0 aromatic rings. The molecule has 7 nitrogen and oxygen atoms in total. The van der Waals surface area contributed by atoms with Crippen LogP contribution in [0.1, 0.15) is 26.2 Å².